The van der Waals surface area contributed by atoms with Crippen LogP contribution in [0.5, 0.6) is 5.75 Å². The first-order valence-electron chi connectivity index (χ1n) is 6.27. The molecule has 0 aliphatic rings. The molecule has 0 radical (unpaired) electrons. The van der Waals surface area contributed by atoms with Crippen LogP contribution >= 0.6 is 0 Å². The second kappa shape index (κ2) is 6.63. The number of anilines is 1. The molecule has 0 amide bonds. The first kappa shape index (κ1) is 17.7. The molecule has 3 N–H and O–H groups in total. The molecule has 9 heteroatoms. The average Bonchev–Trinajstić information content (AvgIpc) is 2.28. The Morgan fingerprint density at radius 1 is 1.29 bits per heavy atom. The van der Waals surface area contributed by atoms with Crippen LogP contribution in [-0.4, -0.2) is 41.5 Å². The molecule has 1 unspecified atom stereocenters. The standard InChI is InChI=1S/C12H20N2O5S2/c1-4-19-11-6-5-10(13)7-12(11)21(17,18)14-9(2)8-20(3,15)16/h5-7,9,14H,4,8,13H2,1-3H3. The zero-order valence-corrected chi connectivity index (χ0v) is 13.8. The highest BCUT2D eigenvalue weighted by atomic mass is 32.2. The molecule has 0 saturated carbocycles. The monoisotopic (exact) mass is 336 g/mol. The van der Waals surface area contributed by atoms with E-state index in [0.29, 0.717) is 6.61 Å². The van der Waals surface area contributed by atoms with E-state index in [0.717, 1.165) is 6.26 Å². The van der Waals surface area contributed by atoms with E-state index in [9.17, 15) is 16.8 Å². The topological polar surface area (TPSA) is 116 Å². The van der Waals surface area contributed by atoms with Crippen molar-refractivity contribution in [1.82, 2.24) is 4.72 Å². The van der Waals surface area contributed by atoms with Gasteiger partial charge in [-0.3, -0.25) is 0 Å². The number of hydrogen-bond acceptors (Lipinski definition) is 6. The van der Waals surface area contributed by atoms with E-state index >= 15 is 0 Å². The fraction of sp³-hybridized carbons (Fsp3) is 0.500. The van der Waals surface area contributed by atoms with Crippen LogP contribution in [0.3, 0.4) is 0 Å². The molecular formula is C12H20N2O5S2. The third kappa shape index (κ3) is 5.52. The molecular weight excluding hydrogens is 316 g/mol. The summed E-state index contributed by atoms with van der Waals surface area (Å²) in [4.78, 5) is -0.107. The molecule has 7 nitrogen and oxygen atoms in total. The van der Waals surface area contributed by atoms with Gasteiger partial charge in [-0.05, 0) is 32.0 Å². The molecule has 120 valence electrons. The smallest absolute Gasteiger partial charge is 0.244 e. The maximum Gasteiger partial charge on any atom is 0.244 e. The van der Waals surface area contributed by atoms with Crippen molar-refractivity contribution in [1.29, 1.82) is 0 Å². The van der Waals surface area contributed by atoms with Crippen molar-refractivity contribution >= 4 is 25.5 Å². The number of sulfone groups is 1. The summed E-state index contributed by atoms with van der Waals surface area (Å²) in [7, 11) is -7.22. The maximum atomic E-state index is 12.3. The molecule has 1 aromatic carbocycles. The van der Waals surface area contributed by atoms with Crippen molar-refractivity contribution < 1.29 is 21.6 Å². The first-order chi connectivity index (χ1) is 9.55. The molecule has 1 rings (SSSR count). The Kier molecular flexibility index (Phi) is 5.60. The van der Waals surface area contributed by atoms with Gasteiger partial charge in [0.15, 0.2) is 0 Å². The quantitative estimate of drug-likeness (QED) is 0.695. The zero-order valence-electron chi connectivity index (χ0n) is 12.2. The molecule has 0 aliphatic heterocycles. The van der Waals surface area contributed by atoms with E-state index in [1.807, 2.05) is 0 Å². The molecule has 0 heterocycles. The van der Waals surface area contributed by atoms with Crippen LogP contribution in [0.4, 0.5) is 5.69 Å². The lowest BCUT2D eigenvalue weighted by molar-refractivity contribution is 0.331. The molecule has 0 saturated heterocycles. The summed E-state index contributed by atoms with van der Waals surface area (Å²) in [5.41, 5.74) is 5.88. The fourth-order valence-corrected chi connectivity index (χ4v) is 4.35. The van der Waals surface area contributed by atoms with Crippen molar-refractivity contribution in [3.05, 3.63) is 18.2 Å². The van der Waals surface area contributed by atoms with E-state index in [1.165, 1.54) is 25.1 Å². The summed E-state index contributed by atoms with van der Waals surface area (Å²) in [6.07, 6.45) is 1.05. The number of ether oxygens (including phenoxy) is 1. The Labute approximate surface area is 125 Å². The van der Waals surface area contributed by atoms with Crippen molar-refractivity contribution in [2.24, 2.45) is 0 Å². The lowest BCUT2D eigenvalue weighted by Gasteiger charge is -2.16. The van der Waals surface area contributed by atoms with Gasteiger partial charge in [0.2, 0.25) is 10.0 Å². The van der Waals surface area contributed by atoms with Gasteiger partial charge in [-0.15, -0.1) is 0 Å². The summed E-state index contributed by atoms with van der Waals surface area (Å²) in [5, 5.41) is 0. The fourth-order valence-electron chi connectivity index (χ4n) is 1.83. The van der Waals surface area contributed by atoms with Crippen LogP contribution in [0, 0.1) is 0 Å². The van der Waals surface area contributed by atoms with Crippen LogP contribution in [0.25, 0.3) is 0 Å². The predicted octanol–water partition coefficient (Wildman–Crippen LogP) is 0.379. The summed E-state index contributed by atoms with van der Waals surface area (Å²) in [6, 6.07) is 3.51. The Morgan fingerprint density at radius 2 is 1.90 bits per heavy atom. The molecule has 0 spiro atoms. The predicted molar refractivity (Wildman–Crippen MR) is 81.5 cm³/mol. The molecule has 0 fully saturated rings. The number of hydrogen-bond donors (Lipinski definition) is 2. The summed E-state index contributed by atoms with van der Waals surface area (Å²) in [6.45, 7) is 3.50. The Hall–Kier alpha value is -1.32. The van der Waals surface area contributed by atoms with Crippen LogP contribution < -0.4 is 15.2 Å². The van der Waals surface area contributed by atoms with Gasteiger partial charge >= 0.3 is 0 Å². The highest BCUT2D eigenvalue weighted by Gasteiger charge is 2.23. The third-order valence-electron chi connectivity index (χ3n) is 2.47. The van der Waals surface area contributed by atoms with E-state index in [4.69, 9.17) is 10.5 Å². The molecule has 21 heavy (non-hydrogen) atoms. The number of sulfonamides is 1. The minimum Gasteiger partial charge on any atom is -0.492 e. The maximum absolute atomic E-state index is 12.3. The van der Waals surface area contributed by atoms with Crippen LogP contribution in [0.2, 0.25) is 0 Å². The van der Waals surface area contributed by atoms with E-state index in [-0.39, 0.29) is 22.1 Å². The van der Waals surface area contributed by atoms with E-state index in [2.05, 4.69) is 4.72 Å². The number of benzene rings is 1. The van der Waals surface area contributed by atoms with Gasteiger partial charge in [0.05, 0.1) is 12.4 Å². The lowest BCUT2D eigenvalue weighted by Crippen LogP contribution is -2.37. The molecule has 1 aromatic rings. The lowest BCUT2D eigenvalue weighted by atomic mass is 10.3. The van der Waals surface area contributed by atoms with Crippen molar-refractivity contribution in [3.63, 3.8) is 0 Å². The summed E-state index contributed by atoms with van der Waals surface area (Å²) in [5.74, 6) is -0.121. The van der Waals surface area contributed by atoms with Crippen molar-refractivity contribution in [3.8, 4) is 5.75 Å². The minimum atomic E-state index is -3.93. The van der Waals surface area contributed by atoms with E-state index < -0.39 is 25.9 Å². The summed E-state index contributed by atoms with van der Waals surface area (Å²) >= 11 is 0. The first-order valence-corrected chi connectivity index (χ1v) is 9.82. The number of nitrogens with one attached hydrogen (secondary N) is 1. The largest absolute Gasteiger partial charge is 0.492 e. The minimum absolute atomic E-state index is 0.107. The van der Waals surface area contributed by atoms with Crippen LogP contribution in [0.15, 0.2) is 23.1 Å². The molecule has 0 aromatic heterocycles. The van der Waals surface area contributed by atoms with Gasteiger partial charge in [-0.1, -0.05) is 0 Å². The molecule has 1 atom stereocenters. The number of nitrogen functional groups attached to an aromatic ring is 1. The van der Waals surface area contributed by atoms with Gasteiger partial charge in [0, 0.05) is 18.0 Å². The SMILES string of the molecule is CCOc1ccc(N)cc1S(=O)(=O)NC(C)CS(C)(=O)=O. The molecule has 0 bridgehead atoms. The van der Waals surface area contributed by atoms with Crippen LogP contribution in [0.1, 0.15) is 13.8 Å². The van der Waals surface area contributed by atoms with Crippen LogP contribution in [-0.2, 0) is 19.9 Å². The Balaban J connectivity index is 3.10. The normalized spacial score (nSPS) is 13.9. The third-order valence-corrected chi connectivity index (χ3v) is 5.18. The van der Waals surface area contributed by atoms with Gasteiger partial charge in [0.1, 0.15) is 20.5 Å². The average molecular weight is 336 g/mol. The van der Waals surface area contributed by atoms with Gasteiger partial charge < -0.3 is 10.5 Å². The highest BCUT2D eigenvalue weighted by molar-refractivity contribution is 7.91. The highest BCUT2D eigenvalue weighted by Crippen LogP contribution is 2.26. The Morgan fingerprint density at radius 3 is 2.43 bits per heavy atom. The number of rotatable bonds is 7. The van der Waals surface area contributed by atoms with Crippen molar-refractivity contribution in [2.75, 3.05) is 24.3 Å². The number of nitrogens with two attached hydrogens (primary N) is 1. The summed E-state index contributed by atoms with van der Waals surface area (Å²) < 4.78 is 54.7. The van der Waals surface area contributed by atoms with Gasteiger partial charge in [-0.25, -0.2) is 21.6 Å². The molecule has 0 aliphatic carbocycles. The second-order valence-electron chi connectivity index (χ2n) is 4.75. The van der Waals surface area contributed by atoms with E-state index in [1.54, 1.807) is 6.92 Å². The zero-order chi connectivity index (χ0) is 16.3. The van der Waals surface area contributed by atoms with Gasteiger partial charge in [-0.2, -0.15) is 0 Å². The Bertz CT molecular complexity index is 698. The second-order valence-corrected chi connectivity index (χ2v) is 8.62. The van der Waals surface area contributed by atoms with Crippen molar-refractivity contribution in [2.45, 2.75) is 24.8 Å². The van der Waals surface area contributed by atoms with Gasteiger partial charge in [0.25, 0.3) is 0 Å².